The van der Waals surface area contributed by atoms with E-state index < -0.39 is 9.84 Å². The molecule has 2 aromatic rings. The number of hydrogen-bond acceptors (Lipinski definition) is 4. The van der Waals surface area contributed by atoms with Crippen LogP contribution in [0, 0.1) is 20.8 Å². The van der Waals surface area contributed by atoms with Gasteiger partial charge in [-0.2, -0.15) is 4.99 Å². The predicted molar refractivity (Wildman–Crippen MR) is 115 cm³/mol. The first-order valence-corrected chi connectivity index (χ1v) is 11.9. The minimum absolute atomic E-state index is 0.0926. The highest BCUT2D eigenvalue weighted by molar-refractivity contribution is 8.16. The molecule has 4 rings (SSSR count). The molecule has 0 bridgehead atoms. The zero-order valence-electron chi connectivity index (χ0n) is 16.0. The molecule has 0 radical (unpaired) electrons. The van der Waals surface area contributed by atoms with Gasteiger partial charge in [0.15, 0.2) is 15.0 Å². The Hall–Kier alpha value is -2.12. The first-order valence-electron chi connectivity index (χ1n) is 9.16. The third kappa shape index (κ3) is 3.73. The van der Waals surface area contributed by atoms with Gasteiger partial charge in [0, 0.05) is 16.5 Å². The van der Waals surface area contributed by atoms with Gasteiger partial charge in [-0.1, -0.05) is 35.5 Å². The highest BCUT2D eigenvalue weighted by Crippen LogP contribution is 2.41. The molecule has 2 saturated heterocycles. The van der Waals surface area contributed by atoms with Gasteiger partial charge in [0.05, 0.1) is 17.5 Å². The van der Waals surface area contributed by atoms with Crippen molar-refractivity contribution in [2.24, 2.45) is 4.99 Å². The van der Waals surface area contributed by atoms with Crippen LogP contribution in [0.5, 0.6) is 0 Å². The smallest absolute Gasteiger partial charge is 0.279 e. The summed E-state index contributed by atoms with van der Waals surface area (Å²) in [6.07, 6.45) is 0. The number of nitrogens with zero attached hydrogens (tertiary/aromatic N) is 2. The summed E-state index contributed by atoms with van der Waals surface area (Å²) in [5.74, 6) is -0.0836. The normalized spacial score (nSPS) is 24.5. The van der Waals surface area contributed by atoms with Crippen LogP contribution in [0.2, 0.25) is 0 Å². The van der Waals surface area contributed by atoms with Crippen LogP contribution in [0.4, 0.5) is 5.69 Å². The Morgan fingerprint density at radius 1 is 1.04 bits per heavy atom. The fraction of sp³-hybridized carbons (Fsp3) is 0.333. The van der Waals surface area contributed by atoms with Gasteiger partial charge in [0.25, 0.3) is 5.91 Å². The number of carbonyl (C=O) groups is 1. The average Bonchev–Trinajstić information content (AvgIpc) is 3.04. The van der Waals surface area contributed by atoms with Crippen molar-refractivity contribution >= 4 is 38.4 Å². The fourth-order valence-electron chi connectivity index (χ4n) is 3.89. The van der Waals surface area contributed by atoms with Gasteiger partial charge >= 0.3 is 0 Å². The lowest BCUT2D eigenvalue weighted by molar-refractivity contribution is 0.100. The topological polar surface area (TPSA) is 66.8 Å². The van der Waals surface area contributed by atoms with Crippen molar-refractivity contribution in [2.75, 3.05) is 16.4 Å². The van der Waals surface area contributed by atoms with Crippen LogP contribution in [-0.2, 0) is 9.84 Å². The summed E-state index contributed by atoms with van der Waals surface area (Å²) in [7, 11) is -3.08. The van der Waals surface area contributed by atoms with Crippen LogP contribution in [0.1, 0.15) is 27.0 Å². The Kier molecular flexibility index (Phi) is 4.83. The minimum Gasteiger partial charge on any atom is -0.316 e. The molecule has 2 fully saturated rings. The number of amidine groups is 1. The maximum atomic E-state index is 12.8. The van der Waals surface area contributed by atoms with E-state index in [-0.39, 0.29) is 28.7 Å². The van der Waals surface area contributed by atoms with E-state index in [1.165, 1.54) is 11.8 Å². The second-order valence-corrected chi connectivity index (χ2v) is 10.9. The Bertz CT molecular complexity index is 1070. The molecule has 2 aromatic carbocycles. The van der Waals surface area contributed by atoms with Crippen LogP contribution in [0.3, 0.4) is 0 Å². The maximum Gasteiger partial charge on any atom is 0.279 e. The highest BCUT2D eigenvalue weighted by atomic mass is 32.2. The largest absolute Gasteiger partial charge is 0.316 e. The Balaban J connectivity index is 1.76. The van der Waals surface area contributed by atoms with Gasteiger partial charge in [-0.05, 0) is 56.2 Å². The lowest BCUT2D eigenvalue weighted by atomic mass is 10.1. The zero-order valence-corrected chi connectivity index (χ0v) is 17.7. The second-order valence-electron chi connectivity index (χ2n) is 7.59. The fourth-order valence-corrected chi connectivity index (χ4v) is 7.80. The van der Waals surface area contributed by atoms with E-state index in [0.29, 0.717) is 10.7 Å². The molecule has 0 aliphatic carbocycles. The molecule has 7 heteroatoms. The van der Waals surface area contributed by atoms with Gasteiger partial charge in [0.1, 0.15) is 0 Å². The van der Waals surface area contributed by atoms with E-state index in [2.05, 4.69) is 11.1 Å². The first kappa shape index (κ1) is 19.2. The van der Waals surface area contributed by atoms with Gasteiger partial charge in [-0.15, -0.1) is 0 Å². The summed E-state index contributed by atoms with van der Waals surface area (Å²) >= 11 is 1.40. The summed E-state index contributed by atoms with van der Waals surface area (Å²) in [5, 5.41) is 0.483. The number of carbonyl (C=O) groups excluding carboxylic acids is 1. The summed E-state index contributed by atoms with van der Waals surface area (Å²) in [6.45, 7) is 5.96. The number of benzene rings is 2. The third-order valence-electron chi connectivity index (χ3n) is 5.01. The van der Waals surface area contributed by atoms with Crippen molar-refractivity contribution in [3.8, 4) is 0 Å². The number of anilines is 1. The van der Waals surface area contributed by atoms with Gasteiger partial charge in [0.2, 0.25) is 0 Å². The van der Waals surface area contributed by atoms with Crippen molar-refractivity contribution in [1.29, 1.82) is 0 Å². The summed E-state index contributed by atoms with van der Waals surface area (Å²) in [4.78, 5) is 19.1. The molecule has 0 N–H and O–H groups in total. The van der Waals surface area contributed by atoms with Crippen molar-refractivity contribution in [3.63, 3.8) is 0 Å². The van der Waals surface area contributed by atoms with Gasteiger partial charge < -0.3 is 4.90 Å². The molecule has 28 heavy (non-hydrogen) atoms. The van der Waals surface area contributed by atoms with Crippen molar-refractivity contribution < 1.29 is 13.2 Å². The Labute approximate surface area is 169 Å². The quantitative estimate of drug-likeness (QED) is 0.752. The van der Waals surface area contributed by atoms with E-state index >= 15 is 0 Å². The van der Waals surface area contributed by atoms with E-state index in [9.17, 15) is 13.2 Å². The molecule has 2 aliphatic rings. The second kappa shape index (κ2) is 7.04. The predicted octanol–water partition coefficient (Wildman–Crippen LogP) is 3.53. The monoisotopic (exact) mass is 414 g/mol. The number of aliphatic imine (C=N–C) groups is 1. The number of hydrogen-bond donors (Lipinski definition) is 0. The van der Waals surface area contributed by atoms with E-state index in [4.69, 9.17) is 0 Å². The molecule has 1 amide bonds. The number of fused-ring (bicyclic) bond motifs is 1. The number of rotatable bonds is 2. The molecule has 2 heterocycles. The van der Waals surface area contributed by atoms with Crippen LogP contribution in [0.15, 0.2) is 47.5 Å². The van der Waals surface area contributed by atoms with E-state index in [0.717, 1.165) is 22.4 Å². The molecule has 0 unspecified atom stereocenters. The molecule has 5 nitrogen and oxygen atoms in total. The molecule has 0 spiro atoms. The van der Waals surface area contributed by atoms with E-state index in [1.807, 2.05) is 56.0 Å². The zero-order chi connectivity index (χ0) is 20.1. The molecule has 2 aliphatic heterocycles. The van der Waals surface area contributed by atoms with Crippen LogP contribution < -0.4 is 4.90 Å². The summed E-state index contributed by atoms with van der Waals surface area (Å²) in [6, 6.07) is 13.3. The highest BCUT2D eigenvalue weighted by Gasteiger charge is 2.49. The third-order valence-corrected chi connectivity index (χ3v) is 8.22. The standard InChI is InChI=1S/C21H22N2O3S2/c1-13-5-4-6-16(8-13)20(24)22-21-23(17-9-14(2)7-15(3)10-17)18-11-28(25,26)12-19(18)27-21/h4-10,18-19H,11-12H2,1-3H3/t18-,19-/m0/s1. The lowest BCUT2D eigenvalue weighted by Gasteiger charge is -2.25. The summed E-state index contributed by atoms with van der Waals surface area (Å²) < 4.78 is 24.4. The first-order chi connectivity index (χ1) is 13.2. The molecule has 0 aromatic heterocycles. The maximum absolute atomic E-state index is 12.8. The average molecular weight is 415 g/mol. The van der Waals surface area contributed by atoms with Gasteiger partial charge in [-0.25, -0.2) is 8.42 Å². The Morgan fingerprint density at radius 3 is 2.43 bits per heavy atom. The molecular formula is C21H22N2O3S2. The van der Waals surface area contributed by atoms with Crippen molar-refractivity contribution in [1.82, 2.24) is 0 Å². The number of sulfone groups is 1. The van der Waals surface area contributed by atoms with E-state index in [1.54, 1.807) is 6.07 Å². The number of aryl methyl sites for hydroxylation is 3. The number of thioether (sulfide) groups is 1. The summed E-state index contributed by atoms with van der Waals surface area (Å²) in [5.41, 5.74) is 4.62. The van der Waals surface area contributed by atoms with Crippen LogP contribution in [0.25, 0.3) is 0 Å². The molecule has 2 atom stereocenters. The Morgan fingerprint density at radius 2 is 1.75 bits per heavy atom. The van der Waals surface area contributed by atoms with Crippen LogP contribution >= 0.6 is 11.8 Å². The van der Waals surface area contributed by atoms with Gasteiger partial charge in [-0.3, -0.25) is 4.79 Å². The van der Waals surface area contributed by atoms with Crippen LogP contribution in [-0.4, -0.2) is 42.3 Å². The molecular weight excluding hydrogens is 392 g/mol. The number of amides is 1. The van der Waals surface area contributed by atoms with Crippen molar-refractivity contribution in [2.45, 2.75) is 32.1 Å². The molecule has 146 valence electrons. The minimum atomic E-state index is -3.08. The van der Waals surface area contributed by atoms with Crippen molar-refractivity contribution in [3.05, 3.63) is 64.7 Å². The lowest BCUT2D eigenvalue weighted by Crippen LogP contribution is -2.37. The SMILES string of the molecule is Cc1cccc(C(=O)N=C2S[C@H]3CS(=O)(=O)C[C@@H]3N2c2cc(C)cc(C)c2)c1. The molecule has 0 saturated carbocycles.